The molecule has 1 aromatic carbocycles. The van der Waals surface area contributed by atoms with Crippen molar-refractivity contribution in [3.8, 4) is 0 Å². The van der Waals surface area contributed by atoms with Gasteiger partial charge in [0.15, 0.2) is 0 Å². The van der Waals surface area contributed by atoms with Crippen LogP contribution in [0, 0.1) is 12.7 Å². The van der Waals surface area contributed by atoms with E-state index in [9.17, 15) is 4.39 Å². The van der Waals surface area contributed by atoms with Gasteiger partial charge in [0.25, 0.3) is 0 Å². The van der Waals surface area contributed by atoms with Crippen LogP contribution in [-0.2, 0) is 0 Å². The minimum absolute atomic E-state index is 0.0913. The molecule has 1 heterocycles. The lowest BCUT2D eigenvalue weighted by atomic mass is 10.0. The van der Waals surface area contributed by atoms with Crippen LogP contribution in [0.25, 0.3) is 0 Å². The maximum Gasteiger partial charge on any atom is 0.126 e. The number of hydrogen-bond acceptors (Lipinski definition) is 2. The zero-order valence-electron chi connectivity index (χ0n) is 12.2. The molecule has 1 aliphatic rings. The summed E-state index contributed by atoms with van der Waals surface area (Å²) in [4.78, 5) is 2.47. The van der Waals surface area contributed by atoms with Crippen molar-refractivity contribution < 1.29 is 4.39 Å². The van der Waals surface area contributed by atoms with Gasteiger partial charge in [-0.15, -0.1) is 0 Å². The van der Waals surface area contributed by atoms with Gasteiger partial charge >= 0.3 is 0 Å². The summed E-state index contributed by atoms with van der Waals surface area (Å²) in [6, 6.07) is 6.50. The number of nitrogens with zero attached hydrogens (tertiary/aromatic N) is 1. The van der Waals surface area contributed by atoms with E-state index in [2.05, 4.69) is 30.1 Å². The highest BCUT2D eigenvalue weighted by atomic mass is 19.1. The lowest BCUT2D eigenvalue weighted by Crippen LogP contribution is -2.39. The molecule has 0 spiro atoms. The number of hydrogen-bond donors (Lipinski definition) is 1. The van der Waals surface area contributed by atoms with E-state index in [1.165, 1.54) is 0 Å². The van der Waals surface area contributed by atoms with Crippen molar-refractivity contribution in [3.05, 3.63) is 35.1 Å². The Bertz CT molecular complexity index is 419. The number of rotatable bonds is 2. The maximum absolute atomic E-state index is 13.7. The largest absolute Gasteiger partial charge is 0.314 e. The third kappa shape index (κ3) is 3.77. The highest BCUT2D eigenvalue weighted by molar-refractivity contribution is 5.25. The second-order valence-corrected chi connectivity index (χ2v) is 5.72. The van der Waals surface area contributed by atoms with Gasteiger partial charge < -0.3 is 5.32 Å². The van der Waals surface area contributed by atoms with Crippen LogP contribution in [0.2, 0.25) is 0 Å². The smallest absolute Gasteiger partial charge is 0.126 e. The first-order valence-corrected chi connectivity index (χ1v) is 7.31. The molecule has 0 aromatic heterocycles. The van der Waals surface area contributed by atoms with Gasteiger partial charge in [-0.25, -0.2) is 4.39 Å². The van der Waals surface area contributed by atoms with Crippen molar-refractivity contribution in [2.24, 2.45) is 0 Å². The molecule has 0 bridgehead atoms. The zero-order chi connectivity index (χ0) is 13.8. The molecule has 0 radical (unpaired) electrons. The lowest BCUT2D eigenvalue weighted by Gasteiger charge is -2.33. The maximum atomic E-state index is 13.7. The van der Waals surface area contributed by atoms with Gasteiger partial charge in [0, 0.05) is 18.6 Å². The first kappa shape index (κ1) is 14.5. The molecule has 0 aliphatic carbocycles. The standard InChI is InChI=1S/C16H25FN2/c1-12-5-6-15(11-16(12)17)14(3)19-9-4-8-18-13(2)7-10-19/h5-6,11,13-14,18H,4,7-10H2,1-3H3. The molecular formula is C16H25FN2. The van der Waals surface area contributed by atoms with Crippen LogP contribution < -0.4 is 5.32 Å². The summed E-state index contributed by atoms with van der Waals surface area (Å²) in [5, 5.41) is 3.51. The van der Waals surface area contributed by atoms with E-state index in [4.69, 9.17) is 0 Å². The van der Waals surface area contributed by atoms with Gasteiger partial charge in [-0.1, -0.05) is 12.1 Å². The van der Waals surface area contributed by atoms with Crippen molar-refractivity contribution in [3.63, 3.8) is 0 Å². The zero-order valence-corrected chi connectivity index (χ0v) is 12.2. The summed E-state index contributed by atoms with van der Waals surface area (Å²) in [7, 11) is 0. The predicted molar refractivity (Wildman–Crippen MR) is 77.8 cm³/mol. The Morgan fingerprint density at radius 2 is 2.16 bits per heavy atom. The molecule has 1 aromatic rings. The topological polar surface area (TPSA) is 15.3 Å². The van der Waals surface area contributed by atoms with Crippen LogP contribution in [0.4, 0.5) is 4.39 Å². The second-order valence-electron chi connectivity index (χ2n) is 5.72. The fraction of sp³-hybridized carbons (Fsp3) is 0.625. The van der Waals surface area contributed by atoms with Crippen molar-refractivity contribution in [1.82, 2.24) is 10.2 Å². The molecule has 0 amide bonds. The second kappa shape index (κ2) is 6.49. The van der Waals surface area contributed by atoms with E-state index in [0.717, 1.165) is 43.6 Å². The molecule has 19 heavy (non-hydrogen) atoms. The van der Waals surface area contributed by atoms with Gasteiger partial charge in [0.05, 0.1) is 0 Å². The average molecular weight is 264 g/mol. The molecule has 1 aliphatic heterocycles. The van der Waals surface area contributed by atoms with E-state index in [1.807, 2.05) is 13.0 Å². The van der Waals surface area contributed by atoms with Gasteiger partial charge in [-0.2, -0.15) is 0 Å². The first-order valence-electron chi connectivity index (χ1n) is 7.31. The van der Waals surface area contributed by atoms with Crippen LogP contribution in [0.1, 0.15) is 43.9 Å². The molecule has 1 saturated heterocycles. The predicted octanol–water partition coefficient (Wildman–Crippen LogP) is 3.27. The quantitative estimate of drug-likeness (QED) is 0.882. The highest BCUT2D eigenvalue weighted by Crippen LogP contribution is 2.23. The van der Waals surface area contributed by atoms with E-state index < -0.39 is 0 Å². The summed E-state index contributed by atoms with van der Waals surface area (Å²) in [6.45, 7) is 9.46. The van der Waals surface area contributed by atoms with E-state index in [-0.39, 0.29) is 5.82 Å². The van der Waals surface area contributed by atoms with Crippen LogP contribution >= 0.6 is 0 Å². The normalized spacial score (nSPS) is 23.7. The molecule has 2 unspecified atom stereocenters. The van der Waals surface area contributed by atoms with E-state index >= 15 is 0 Å². The van der Waals surface area contributed by atoms with Crippen LogP contribution in [-0.4, -0.2) is 30.6 Å². The summed E-state index contributed by atoms with van der Waals surface area (Å²) >= 11 is 0. The molecular weight excluding hydrogens is 239 g/mol. The minimum Gasteiger partial charge on any atom is -0.314 e. The molecule has 0 saturated carbocycles. The highest BCUT2D eigenvalue weighted by Gasteiger charge is 2.18. The SMILES string of the molecule is Cc1ccc(C(C)N2CCCNC(C)CC2)cc1F. The number of aryl methyl sites for hydroxylation is 1. The minimum atomic E-state index is -0.0913. The van der Waals surface area contributed by atoms with Crippen LogP contribution in [0.3, 0.4) is 0 Å². The lowest BCUT2D eigenvalue weighted by molar-refractivity contribution is 0.184. The molecule has 1 N–H and O–H groups in total. The van der Waals surface area contributed by atoms with Crippen molar-refractivity contribution >= 4 is 0 Å². The molecule has 2 nitrogen and oxygen atoms in total. The molecule has 106 valence electrons. The monoisotopic (exact) mass is 264 g/mol. The number of halogens is 1. The molecule has 3 heteroatoms. The molecule has 1 fully saturated rings. The summed E-state index contributed by atoms with van der Waals surface area (Å²) in [5.41, 5.74) is 1.81. The van der Waals surface area contributed by atoms with Crippen molar-refractivity contribution in [1.29, 1.82) is 0 Å². The Kier molecular flexibility index (Phi) is 4.94. The number of benzene rings is 1. The summed E-state index contributed by atoms with van der Waals surface area (Å²) in [5.74, 6) is -0.0913. The van der Waals surface area contributed by atoms with Gasteiger partial charge in [-0.05, 0) is 63.9 Å². The van der Waals surface area contributed by atoms with Crippen molar-refractivity contribution in [2.45, 2.75) is 45.7 Å². The molecule has 2 atom stereocenters. The van der Waals surface area contributed by atoms with Gasteiger partial charge in [0.1, 0.15) is 5.82 Å². The fourth-order valence-electron chi connectivity index (χ4n) is 2.67. The van der Waals surface area contributed by atoms with Crippen LogP contribution in [0.15, 0.2) is 18.2 Å². The van der Waals surface area contributed by atoms with Crippen molar-refractivity contribution in [2.75, 3.05) is 19.6 Å². The first-order chi connectivity index (χ1) is 9.08. The molecule has 2 rings (SSSR count). The fourth-order valence-corrected chi connectivity index (χ4v) is 2.67. The summed E-state index contributed by atoms with van der Waals surface area (Å²) < 4.78 is 13.7. The van der Waals surface area contributed by atoms with Gasteiger partial charge in [0.2, 0.25) is 0 Å². The van der Waals surface area contributed by atoms with Crippen LogP contribution in [0.5, 0.6) is 0 Å². The van der Waals surface area contributed by atoms with E-state index in [1.54, 1.807) is 6.07 Å². The number of nitrogens with one attached hydrogen (secondary N) is 1. The van der Waals surface area contributed by atoms with Gasteiger partial charge in [-0.3, -0.25) is 4.90 Å². The Hall–Kier alpha value is -0.930. The van der Waals surface area contributed by atoms with E-state index in [0.29, 0.717) is 12.1 Å². The Balaban J connectivity index is 2.08. The Morgan fingerprint density at radius 3 is 2.89 bits per heavy atom. The summed E-state index contributed by atoms with van der Waals surface area (Å²) in [6.07, 6.45) is 2.31. The third-order valence-corrected chi connectivity index (χ3v) is 4.19. The average Bonchev–Trinajstić information content (AvgIpc) is 2.37. The Morgan fingerprint density at radius 1 is 1.37 bits per heavy atom. The third-order valence-electron chi connectivity index (χ3n) is 4.19. The Labute approximate surface area is 116 Å².